The van der Waals surface area contributed by atoms with Gasteiger partial charge in [0, 0.05) is 18.1 Å². The largest absolute Gasteiger partial charge is 0.463 e. The van der Waals surface area contributed by atoms with Crippen LogP contribution in [0, 0.1) is 21.4 Å². The van der Waals surface area contributed by atoms with Gasteiger partial charge in [-0.15, -0.1) is 0 Å². The molecular weight excluding hydrogens is 290 g/mol. The topological polar surface area (TPSA) is 128 Å². The zero-order valence-electron chi connectivity index (χ0n) is 11.5. The standard InChI is InChI=1S/C14H11N3O5/c1-21-14(18)12-6-10(11(7-15)13(16)22-12)8-2-4-9(5-3-8)17(19)20/h2-6,10H,16H2,1H3/t10-/m1/s1. The summed E-state index contributed by atoms with van der Waals surface area (Å²) in [6.07, 6.45) is 1.39. The first-order valence-electron chi connectivity index (χ1n) is 6.10. The summed E-state index contributed by atoms with van der Waals surface area (Å²) in [5.41, 5.74) is 6.25. The molecule has 2 N–H and O–H groups in total. The number of non-ortho nitro benzene ring substituents is 1. The SMILES string of the molecule is COC(=O)C1=C[C@H](c2ccc([N+](=O)[O-])cc2)C(C#N)=C(N)O1. The van der Waals surface area contributed by atoms with E-state index in [4.69, 9.17) is 10.5 Å². The summed E-state index contributed by atoms with van der Waals surface area (Å²) in [6.45, 7) is 0. The maximum atomic E-state index is 11.6. The highest BCUT2D eigenvalue weighted by Crippen LogP contribution is 2.33. The van der Waals surface area contributed by atoms with Crippen LogP contribution in [0.5, 0.6) is 0 Å². The summed E-state index contributed by atoms with van der Waals surface area (Å²) < 4.78 is 9.63. The molecule has 1 aliphatic heterocycles. The van der Waals surface area contributed by atoms with E-state index in [0.717, 1.165) is 0 Å². The van der Waals surface area contributed by atoms with E-state index >= 15 is 0 Å². The molecule has 0 radical (unpaired) electrons. The Morgan fingerprint density at radius 2 is 2.09 bits per heavy atom. The number of rotatable bonds is 3. The summed E-state index contributed by atoms with van der Waals surface area (Å²) in [4.78, 5) is 21.7. The van der Waals surface area contributed by atoms with E-state index < -0.39 is 16.8 Å². The van der Waals surface area contributed by atoms with Crippen LogP contribution in [0.15, 0.2) is 47.6 Å². The molecule has 0 aromatic heterocycles. The molecule has 112 valence electrons. The number of nitro benzene ring substituents is 1. The van der Waals surface area contributed by atoms with E-state index in [9.17, 15) is 20.2 Å². The number of benzene rings is 1. The third-order valence-electron chi connectivity index (χ3n) is 3.08. The summed E-state index contributed by atoms with van der Waals surface area (Å²) in [5, 5.41) is 19.9. The normalized spacial score (nSPS) is 17.1. The van der Waals surface area contributed by atoms with Gasteiger partial charge in [-0.1, -0.05) is 12.1 Å². The van der Waals surface area contributed by atoms with Crippen LogP contribution in [0.4, 0.5) is 5.69 Å². The Labute approximate surface area is 125 Å². The predicted molar refractivity (Wildman–Crippen MR) is 73.8 cm³/mol. The Hall–Kier alpha value is -3.34. The first kappa shape index (κ1) is 15.1. The first-order chi connectivity index (χ1) is 10.5. The maximum Gasteiger partial charge on any atom is 0.373 e. The second kappa shape index (κ2) is 5.97. The van der Waals surface area contributed by atoms with E-state index in [0.29, 0.717) is 5.56 Å². The van der Waals surface area contributed by atoms with Crippen molar-refractivity contribution >= 4 is 11.7 Å². The van der Waals surface area contributed by atoms with Crippen molar-refractivity contribution in [3.8, 4) is 6.07 Å². The van der Waals surface area contributed by atoms with Crippen molar-refractivity contribution in [1.82, 2.24) is 0 Å². The van der Waals surface area contributed by atoms with Crippen LogP contribution < -0.4 is 5.73 Å². The molecule has 2 rings (SSSR count). The van der Waals surface area contributed by atoms with Gasteiger partial charge in [0.1, 0.15) is 11.6 Å². The highest BCUT2D eigenvalue weighted by atomic mass is 16.6. The molecule has 8 heteroatoms. The molecule has 8 nitrogen and oxygen atoms in total. The maximum absolute atomic E-state index is 11.6. The van der Waals surface area contributed by atoms with Gasteiger partial charge in [0.05, 0.1) is 12.0 Å². The van der Waals surface area contributed by atoms with Crippen molar-refractivity contribution in [2.75, 3.05) is 7.11 Å². The number of nitrogens with two attached hydrogens (primary N) is 1. The molecular formula is C14H11N3O5. The lowest BCUT2D eigenvalue weighted by Gasteiger charge is -2.21. The molecule has 0 spiro atoms. The third-order valence-corrected chi connectivity index (χ3v) is 3.08. The number of carbonyl (C=O) groups excluding carboxylic acids is 1. The van der Waals surface area contributed by atoms with Crippen LogP contribution in [0.25, 0.3) is 0 Å². The van der Waals surface area contributed by atoms with Crippen LogP contribution >= 0.6 is 0 Å². The molecule has 0 saturated heterocycles. The van der Waals surface area contributed by atoms with Gasteiger partial charge in [0.25, 0.3) is 5.69 Å². The van der Waals surface area contributed by atoms with Crippen LogP contribution in [-0.4, -0.2) is 18.0 Å². The van der Waals surface area contributed by atoms with E-state index in [1.54, 1.807) is 0 Å². The van der Waals surface area contributed by atoms with E-state index in [1.807, 2.05) is 6.07 Å². The molecule has 0 saturated carbocycles. The molecule has 0 bridgehead atoms. The number of hydrogen-bond donors (Lipinski definition) is 1. The van der Waals surface area contributed by atoms with Crippen molar-refractivity contribution in [2.45, 2.75) is 5.92 Å². The van der Waals surface area contributed by atoms with Crippen molar-refractivity contribution in [2.24, 2.45) is 5.73 Å². The molecule has 1 heterocycles. The molecule has 1 aromatic carbocycles. The molecule has 0 aliphatic carbocycles. The second-order valence-electron chi connectivity index (χ2n) is 4.34. The van der Waals surface area contributed by atoms with Gasteiger partial charge in [-0.25, -0.2) is 4.79 Å². The number of esters is 1. The van der Waals surface area contributed by atoms with E-state index in [-0.39, 0.29) is 22.9 Å². The fourth-order valence-corrected chi connectivity index (χ4v) is 2.00. The lowest BCUT2D eigenvalue weighted by Crippen LogP contribution is -2.20. The van der Waals surface area contributed by atoms with Crippen molar-refractivity contribution in [1.29, 1.82) is 5.26 Å². The molecule has 0 fully saturated rings. The van der Waals surface area contributed by atoms with Crippen LogP contribution in [0.1, 0.15) is 11.5 Å². The van der Waals surface area contributed by atoms with Crippen molar-refractivity contribution < 1.29 is 19.2 Å². The van der Waals surface area contributed by atoms with Crippen molar-refractivity contribution in [3.63, 3.8) is 0 Å². The lowest BCUT2D eigenvalue weighted by atomic mass is 9.90. The summed E-state index contributed by atoms with van der Waals surface area (Å²) >= 11 is 0. The van der Waals surface area contributed by atoms with Gasteiger partial charge in [0.15, 0.2) is 0 Å². The molecule has 22 heavy (non-hydrogen) atoms. The van der Waals surface area contributed by atoms with E-state index in [2.05, 4.69) is 4.74 Å². The van der Waals surface area contributed by atoms with Crippen molar-refractivity contribution in [3.05, 3.63) is 63.2 Å². The molecule has 1 aromatic rings. The molecule has 0 unspecified atom stereocenters. The second-order valence-corrected chi connectivity index (χ2v) is 4.34. The molecule has 0 amide bonds. The number of allylic oxidation sites excluding steroid dienone is 2. The van der Waals surface area contributed by atoms with Gasteiger partial charge in [-0.05, 0) is 11.6 Å². The summed E-state index contributed by atoms with van der Waals surface area (Å²) in [5.74, 6) is -1.71. The number of methoxy groups -OCH3 is 1. The minimum Gasteiger partial charge on any atom is -0.463 e. The van der Waals surface area contributed by atoms with Crippen LogP contribution in [0.3, 0.4) is 0 Å². The number of carbonyl (C=O) groups is 1. The smallest absolute Gasteiger partial charge is 0.373 e. The average Bonchev–Trinajstić information content (AvgIpc) is 2.53. The zero-order chi connectivity index (χ0) is 16.3. The van der Waals surface area contributed by atoms with Crippen LogP contribution in [0.2, 0.25) is 0 Å². The highest BCUT2D eigenvalue weighted by molar-refractivity contribution is 5.87. The summed E-state index contributed by atoms with van der Waals surface area (Å²) in [6, 6.07) is 7.51. The number of hydrogen-bond acceptors (Lipinski definition) is 7. The number of nitro groups is 1. The average molecular weight is 301 g/mol. The van der Waals surface area contributed by atoms with Gasteiger partial charge < -0.3 is 15.2 Å². The monoisotopic (exact) mass is 301 g/mol. The Morgan fingerprint density at radius 3 is 2.59 bits per heavy atom. The highest BCUT2D eigenvalue weighted by Gasteiger charge is 2.28. The minimum absolute atomic E-state index is 0.0801. The number of ether oxygens (including phenoxy) is 2. The lowest BCUT2D eigenvalue weighted by molar-refractivity contribution is -0.384. The van der Waals surface area contributed by atoms with Gasteiger partial charge in [0.2, 0.25) is 11.6 Å². The van der Waals surface area contributed by atoms with Gasteiger partial charge >= 0.3 is 5.97 Å². The van der Waals surface area contributed by atoms with E-state index in [1.165, 1.54) is 37.5 Å². The minimum atomic E-state index is -0.730. The predicted octanol–water partition coefficient (Wildman–Crippen LogP) is 1.46. The molecule has 1 atom stereocenters. The van der Waals surface area contributed by atoms with Gasteiger partial charge in [-0.2, -0.15) is 5.26 Å². The third kappa shape index (κ3) is 2.73. The van der Waals surface area contributed by atoms with Crippen LogP contribution in [-0.2, 0) is 14.3 Å². The Kier molecular flexibility index (Phi) is 4.08. The Morgan fingerprint density at radius 1 is 1.45 bits per heavy atom. The number of nitriles is 1. The Bertz CT molecular complexity index is 728. The zero-order valence-corrected chi connectivity index (χ0v) is 11.5. The number of nitrogens with zero attached hydrogens (tertiary/aromatic N) is 2. The Balaban J connectivity index is 2.46. The fourth-order valence-electron chi connectivity index (χ4n) is 2.00. The fraction of sp³-hybridized carbons (Fsp3) is 0.143. The van der Waals surface area contributed by atoms with Gasteiger partial charge in [-0.3, -0.25) is 10.1 Å². The quantitative estimate of drug-likeness (QED) is 0.508. The first-order valence-corrected chi connectivity index (χ1v) is 6.10. The molecule has 1 aliphatic rings. The summed E-state index contributed by atoms with van der Waals surface area (Å²) in [7, 11) is 1.19.